The van der Waals surface area contributed by atoms with Gasteiger partial charge in [-0.05, 0) is 43.5 Å². The standard InChI is InChI=1S/C21H30N2O5/c1-21(2,3)20(27)23-12-4-6-15(14-23)19(26)22-16-8-10-17(11-9-16)28-13-5-7-18(24)25/h8-11,15H,4-7,12-14H2,1-3H3,(H,22,26)(H,24,25). The lowest BCUT2D eigenvalue weighted by molar-refractivity contribution is -0.142. The van der Waals surface area contributed by atoms with Crippen LogP contribution >= 0.6 is 0 Å². The van der Waals surface area contributed by atoms with Crippen LogP contribution in [0.3, 0.4) is 0 Å². The molecular weight excluding hydrogens is 360 g/mol. The molecule has 28 heavy (non-hydrogen) atoms. The number of benzene rings is 1. The van der Waals surface area contributed by atoms with E-state index in [1.165, 1.54) is 0 Å². The van der Waals surface area contributed by atoms with E-state index in [9.17, 15) is 14.4 Å². The van der Waals surface area contributed by atoms with E-state index < -0.39 is 11.4 Å². The van der Waals surface area contributed by atoms with E-state index in [1.807, 2.05) is 20.8 Å². The van der Waals surface area contributed by atoms with Crippen molar-refractivity contribution in [3.8, 4) is 5.75 Å². The number of nitrogens with zero attached hydrogens (tertiary/aromatic N) is 1. The number of anilines is 1. The number of carboxylic acid groups (broad SMARTS) is 1. The first kappa shape index (κ1) is 21.7. The van der Waals surface area contributed by atoms with Crippen LogP contribution in [0.25, 0.3) is 0 Å². The molecule has 1 heterocycles. The Morgan fingerprint density at radius 3 is 2.50 bits per heavy atom. The third kappa shape index (κ3) is 6.55. The molecule has 1 aromatic rings. The van der Waals surface area contributed by atoms with Crippen molar-refractivity contribution in [3.63, 3.8) is 0 Å². The number of ether oxygens (including phenoxy) is 1. The van der Waals surface area contributed by atoms with Crippen LogP contribution in [0.4, 0.5) is 5.69 Å². The molecule has 2 amide bonds. The summed E-state index contributed by atoms with van der Waals surface area (Å²) >= 11 is 0. The third-order valence-electron chi connectivity index (χ3n) is 4.65. The number of amides is 2. The highest BCUT2D eigenvalue weighted by Crippen LogP contribution is 2.25. The van der Waals surface area contributed by atoms with Gasteiger partial charge in [0.1, 0.15) is 5.75 Å². The van der Waals surface area contributed by atoms with Gasteiger partial charge in [0, 0.05) is 30.6 Å². The Hall–Kier alpha value is -2.57. The topological polar surface area (TPSA) is 95.9 Å². The average molecular weight is 390 g/mol. The van der Waals surface area contributed by atoms with Crippen LogP contribution in [-0.2, 0) is 14.4 Å². The Kier molecular flexibility index (Phi) is 7.43. The van der Waals surface area contributed by atoms with Gasteiger partial charge in [-0.15, -0.1) is 0 Å². The van der Waals surface area contributed by atoms with E-state index in [4.69, 9.17) is 9.84 Å². The van der Waals surface area contributed by atoms with Crippen LogP contribution in [0.5, 0.6) is 5.75 Å². The second-order valence-corrected chi connectivity index (χ2v) is 8.20. The lowest BCUT2D eigenvalue weighted by atomic mass is 9.91. The minimum absolute atomic E-state index is 0.0737. The van der Waals surface area contributed by atoms with Gasteiger partial charge < -0.3 is 20.1 Å². The maximum atomic E-state index is 12.6. The molecule has 0 radical (unpaired) electrons. The summed E-state index contributed by atoms with van der Waals surface area (Å²) in [5, 5.41) is 11.5. The number of likely N-dealkylation sites (tertiary alicyclic amines) is 1. The fraction of sp³-hybridized carbons (Fsp3) is 0.571. The number of carboxylic acids is 1. The molecular formula is C21H30N2O5. The van der Waals surface area contributed by atoms with Gasteiger partial charge in [-0.1, -0.05) is 20.8 Å². The Labute approximate surface area is 166 Å². The number of carbonyl (C=O) groups is 3. The zero-order valence-electron chi connectivity index (χ0n) is 16.9. The molecule has 0 bridgehead atoms. The number of carbonyl (C=O) groups excluding carboxylic acids is 2. The minimum atomic E-state index is -0.841. The van der Waals surface area contributed by atoms with Crippen LogP contribution in [-0.4, -0.2) is 47.5 Å². The highest BCUT2D eigenvalue weighted by Gasteiger charge is 2.33. The first-order valence-corrected chi connectivity index (χ1v) is 9.71. The molecule has 0 spiro atoms. The van der Waals surface area contributed by atoms with Crippen molar-refractivity contribution in [1.82, 2.24) is 4.90 Å². The van der Waals surface area contributed by atoms with Gasteiger partial charge in [-0.2, -0.15) is 0 Å². The van der Waals surface area contributed by atoms with Crippen molar-refractivity contribution >= 4 is 23.5 Å². The highest BCUT2D eigenvalue weighted by molar-refractivity contribution is 5.93. The maximum Gasteiger partial charge on any atom is 0.303 e. The van der Waals surface area contributed by atoms with Gasteiger partial charge in [0.25, 0.3) is 0 Å². The first-order valence-electron chi connectivity index (χ1n) is 9.71. The highest BCUT2D eigenvalue weighted by atomic mass is 16.5. The monoisotopic (exact) mass is 390 g/mol. The largest absolute Gasteiger partial charge is 0.494 e. The summed E-state index contributed by atoms with van der Waals surface area (Å²) in [5.74, 6) is -0.432. The summed E-state index contributed by atoms with van der Waals surface area (Å²) in [6.45, 7) is 7.16. The molecule has 1 aromatic carbocycles. The molecule has 0 saturated carbocycles. The van der Waals surface area contributed by atoms with Crippen LogP contribution in [0.1, 0.15) is 46.5 Å². The molecule has 7 heteroatoms. The molecule has 2 rings (SSSR count). The summed E-state index contributed by atoms with van der Waals surface area (Å²) in [6, 6.07) is 7.00. The normalized spacial score (nSPS) is 17.1. The summed E-state index contributed by atoms with van der Waals surface area (Å²) in [5.41, 5.74) is 0.223. The Morgan fingerprint density at radius 1 is 1.21 bits per heavy atom. The summed E-state index contributed by atoms with van der Waals surface area (Å²) in [6.07, 6.45) is 2.11. The van der Waals surface area contributed by atoms with Crippen molar-refractivity contribution in [2.75, 3.05) is 25.0 Å². The number of hydrogen-bond acceptors (Lipinski definition) is 4. The predicted octanol–water partition coefficient (Wildman–Crippen LogP) is 3.15. The summed E-state index contributed by atoms with van der Waals surface area (Å²) in [4.78, 5) is 37.4. The van der Waals surface area contributed by atoms with E-state index >= 15 is 0 Å². The van der Waals surface area contributed by atoms with E-state index in [0.29, 0.717) is 37.6 Å². The smallest absolute Gasteiger partial charge is 0.303 e. The molecule has 0 aliphatic carbocycles. The summed E-state index contributed by atoms with van der Waals surface area (Å²) in [7, 11) is 0. The average Bonchev–Trinajstić information content (AvgIpc) is 2.65. The first-order chi connectivity index (χ1) is 13.2. The molecule has 1 aliphatic rings. The zero-order chi connectivity index (χ0) is 20.7. The lowest BCUT2D eigenvalue weighted by Gasteiger charge is -2.35. The van der Waals surface area contributed by atoms with Crippen molar-refractivity contribution < 1.29 is 24.2 Å². The zero-order valence-corrected chi connectivity index (χ0v) is 16.9. The summed E-state index contributed by atoms with van der Waals surface area (Å²) < 4.78 is 5.48. The maximum absolute atomic E-state index is 12.6. The van der Waals surface area contributed by atoms with Gasteiger partial charge in [-0.25, -0.2) is 0 Å². The molecule has 1 atom stereocenters. The Balaban J connectivity index is 1.85. The molecule has 1 unspecified atom stereocenters. The number of hydrogen-bond donors (Lipinski definition) is 2. The van der Waals surface area contributed by atoms with Gasteiger partial charge >= 0.3 is 5.97 Å². The minimum Gasteiger partial charge on any atom is -0.494 e. The van der Waals surface area contributed by atoms with Gasteiger partial charge in [0.2, 0.25) is 11.8 Å². The molecule has 1 saturated heterocycles. The van der Waals surface area contributed by atoms with E-state index in [0.717, 1.165) is 12.8 Å². The fourth-order valence-electron chi connectivity index (χ4n) is 3.14. The molecule has 154 valence electrons. The van der Waals surface area contributed by atoms with Crippen molar-refractivity contribution in [1.29, 1.82) is 0 Å². The number of rotatable bonds is 7. The van der Waals surface area contributed by atoms with Gasteiger partial charge in [0.15, 0.2) is 0 Å². The fourth-order valence-corrected chi connectivity index (χ4v) is 3.14. The molecule has 1 aliphatic heterocycles. The lowest BCUT2D eigenvalue weighted by Crippen LogP contribution is -2.47. The van der Waals surface area contributed by atoms with Gasteiger partial charge in [-0.3, -0.25) is 14.4 Å². The second-order valence-electron chi connectivity index (χ2n) is 8.20. The quantitative estimate of drug-likeness (QED) is 0.697. The Morgan fingerprint density at radius 2 is 1.89 bits per heavy atom. The predicted molar refractivity (Wildman–Crippen MR) is 106 cm³/mol. The van der Waals surface area contributed by atoms with Crippen molar-refractivity contribution in [3.05, 3.63) is 24.3 Å². The van der Waals surface area contributed by atoms with Crippen LogP contribution in [0.2, 0.25) is 0 Å². The third-order valence-corrected chi connectivity index (χ3v) is 4.65. The molecule has 7 nitrogen and oxygen atoms in total. The number of piperidine rings is 1. The molecule has 2 N–H and O–H groups in total. The van der Waals surface area contributed by atoms with Crippen LogP contribution in [0.15, 0.2) is 24.3 Å². The van der Waals surface area contributed by atoms with E-state index in [2.05, 4.69) is 5.32 Å². The number of aliphatic carboxylic acids is 1. The Bertz CT molecular complexity index is 694. The van der Waals surface area contributed by atoms with Gasteiger partial charge in [0.05, 0.1) is 12.5 Å². The van der Waals surface area contributed by atoms with E-state index in [-0.39, 0.29) is 24.2 Å². The second kappa shape index (κ2) is 9.57. The van der Waals surface area contributed by atoms with Crippen molar-refractivity contribution in [2.45, 2.75) is 46.5 Å². The molecule has 1 fully saturated rings. The van der Waals surface area contributed by atoms with Crippen molar-refractivity contribution in [2.24, 2.45) is 11.3 Å². The van der Waals surface area contributed by atoms with Crippen LogP contribution < -0.4 is 10.1 Å². The molecule has 0 aromatic heterocycles. The number of nitrogens with one attached hydrogen (secondary N) is 1. The SMILES string of the molecule is CC(C)(C)C(=O)N1CCCC(C(=O)Nc2ccc(OCCCC(=O)O)cc2)C1. The van der Waals surface area contributed by atoms with Crippen LogP contribution in [0, 0.1) is 11.3 Å². The van der Waals surface area contributed by atoms with E-state index in [1.54, 1.807) is 29.2 Å².